The summed E-state index contributed by atoms with van der Waals surface area (Å²) in [6.45, 7) is 4.82. The van der Waals surface area contributed by atoms with E-state index in [2.05, 4.69) is 20.8 Å². The average molecular weight is 555 g/mol. The van der Waals surface area contributed by atoms with E-state index in [1.54, 1.807) is 11.3 Å². The summed E-state index contributed by atoms with van der Waals surface area (Å²) in [6, 6.07) is 2.61. The van der Waals surface area contributed by atoms with Crippen LogP contribution in [0.25, 0.3) is 0 Å². The first-order valence-corrected chi connectivity index (χ1v) is 14.9. The van der Waals surface area contributed by atoms with Crippen LogP contribution in [0.2, 0.25) is 0 Å². The number of nitriles is 1. The van der Waals surface area contributed by atoms with E-state index >= 15 is 0 Å². The first-order valence-electron chi connectivity index (χ1n) is 14.1. The Hall–Kier alpha value is -2.75. The first kappa shape index (κ1) is 25.2. The molecule has 0 saturated carbocycles. The molecule has 5 aliphatic rings. The van der Waals surface area contributed by atoms with Crippen molar-refractivity contribution >= 4 is 28.2 Å². The van der Waals surface area contributed by atoms with Crippen molar-refractivity contribution in [3.05, 3.63) is 16.0 Å². The molecule has 0 bridgehead atoms. The second-order valence-corrected chi connectivity index (χ2v) is 13.2. The molecule has 4 aliphatic heterocycles. The van der Waals surface area contributed by atoms with Crippen LogP contribution in [0.1, 0.15) is 54.5 Å². The molecule has 10 nitrogen and oxygen atoms in total. The van der Waals surface area contributed by atoms with Gasteiger partial charge in [0.2, 0.25) is 11.9 Å². The number of aliphatic hydroxyl groups is 1. The standard InChI is InChI=1S/C27H35FN8O2S/c28-18-9-27(5-2-8-36(27)12-18)16-38-25-32-23(34-7-1-3-17(11-34)13-37)31-24(33-25)35-14-26(15-35)6-4-20-21(26)19(10-29)22(30)39-20/h17-18,37H,1-9,11-16,30H2/t17-,18-,27+/m1/s1. The molecule has 4 saturated heterocycles. The molecule has 0 amide bonds. The number of halogens is 1. The molecule has 208 valence electrons. The second-order valence-electron chi connectivity index (χ2n) is 12.1. The number of fused-ring (bicyclic) bond motifs is 3. The van der Waals surface area contributed by atoms with Gasteiger partial charge >= 0.3 is 6.01 Å². The summed E-state index contributed by atoms with van der Waals surface area (Å²) in [6.07, 6.45) is 5.53. The molecule has 2 aromatic rings. The smallest absolute Gasteiger partial charge is 0.323 e. The minimum absolute atomic E-state index is 0.0985. The summed E-state index contributed by atoms with van der Waals surface area (Å²) in [5.74, 6) is 1.32. The van der Waals surface area contributed by atoms with Gasteiger partial charge in [0.15, 0.2) is 0 Å². The highest BCUT2D eigenvalue weighted by molar-refractivity contribution is 7.16. The molecule has 1 spiro atoms. The number of piperidine rings is 1. The molecular weight excluding hydrogens is 519 g/mol. The molecule has 0 unspecified atom stereocenters. The van der Waals surface area contributed by atoms with Gasteiger partial charge in [-0.15, -0.1) is 11.3 Å². The van der Waals surface area contributed by atoms with Crippen molar-refractivity contribution in [2.45, 2.75) is 62.1 Å². The van der Waals surface area contributed by atoms with Gasteiger partial charge in [-0.05, 0) is 56.6 Å². The third-order valence-electron chi connectivity index (χ3n) is 9.63. The zero-order chi connectivity index (χ0) is 26.8. The number of aromatic nitrogens is 3. The van der Waals surface area contributed by atoms with Gasteiger partial charge < -0.3 is 25.4 Å². The third-order valence-corrected chi connectivity index (χ3v) is 10.7. The predicted octanol–water partition coefficient (Wildman–Crippen LogP) is 2.26. The Bertz CT molecular complexity index is 1310. The summed E-state index contributed by atoms with van der Waals surface area (Å²) >= 11 is 1.55. The number of aryl methyl sites for hydroxylation is 1. The van der Waals surface area contributed by atoms with Crippen molar-refractivity contribution in [1.82, 2.24) is 19.9 Å². The lowest BCUT2D eigenvalue weighted by molar-refractivity contribution is 0.107. The zero-order valence-electron chi connectivity index (χ0n) is 22.1. The zero-order valence-corrected chi connectivity index (χ0v) is 22.9. The van der Waals surface area contributed by atoms with E-state index in [1.807, 2.05) is 0 Å². The SMILES string of the molecule is N#Cc1c(N)sc2c1C1(CC2)CN(c2nc(OC[C@@]34CCCN3C[C@H](F)C4)nc(N3CCC[C@@H](CO)C3)n2)C1. The quantitative estimate of drug-likeness (QED) is 0.549. The Morgan fingerprint density at radius 2 is 1.95 bits per heavy atom. The van der Waals surface area contributed by atoms with Gasteiger partial charge in [-0.1, -0.05) is 0 Å². The van der Waals surface area contributed by atoms with E-state index < -0.39 is 6.17 Å². The molecule has 4 fully saturated rings. The Kier molecular flexibility index (Phi) is 6.10. The molecule has 2 aromatic heterocycles. The Balaban J connectivity index is 1.16. The molecule has 1 aliphatic carbocycles. The fraction of sp³-hybridized carbons (Fsp3) is 0.704. The number of nitrogen functional groups attached to an aromatic ring is 1. The Morgan fingerprint density at radius 1 is 1.13 bits per heavy atom. The average Bonchev–Trinajstić information content (AvgIpc) is 3.64. The number of aliphatic hydroxyl groups excluding tert-OH is 1. The van der Waals surface area contributed by atoms with E-state index in [9.17, 15) is 14.8 Å². The fourth-order valence-electron chi connectivity index (χ4n) is 7.69. The van der Waals surface area contributed by atoms with E-state index in [1.165, 1.54) is 4.88 Å². The third kappa shape index (κ3) is 4.12. The van der Waals surface area contributed by atoms with E-state index in [0.717, 1.165) is 57.2 Å². The van der Waals surface area contributed by atoms with Gasteiger partial charge in [-0.3, -0.25) is 4.90 Å². The van der Waals surface area contributed by atoms with Crippen LogP contribution in [0.4, 0.5) is 21.3 Å². The van der Waals surface area contributed by atoms with Crippen molar-refractivity contribution < 1.29 is 14.2 Å². The number of hydrogen-bond donors (Lipinski definition) is 2. The second kappa shape index (κ2) is 9.42. The van der Waals surface area contributed by atoms with Crippen LogP contribution in [0.5, 0.6) is 6.01 Å². The van der Waals surface area contributed by atoms with Gasteiger partial charge in [0.1, 0.15) is 23.8 Å². The Morgan fingerprint density at radius 3 is 2.74 bits per heavy atom. The van der Waals surface area contributed by atoms with Crippen LogP contribution in [-0.2, 0) is 11.8 Å². The normalized spacial score (nSPS) is 29.4. The van der Waals surface area contributed by atoms with E-state index in [-0.39, 0.29) is 29.5 Å². The number of anilines is 3. The molecule has 3 N–H and O–H groups in total. The fourth-order valence-corrected chi connectivity index (χ4v) is 8.83. The summed E-state index contributed by atoms with van der Waals surface area (Å²) in [5.41, 5.74) is 7.54. The molecule has 6 heterocycles. The number of nitrogens with zero attached hydrogens (tertiary/aromatic N) is 7. The van der Waals surface area contributed by atoms with Crippen molar-refractivity contribution in [2.24, 2.45) is 5.92 Å². The minimum atomic E-state index is -0.819. The van der Waals surface area contributed by atoms with Crippen LogP contribution in [-0.4, -0.2) is 89.2 Å². The number of thiophene rings is 1. The molecule has 12 heteroatoms. The lowest BCUT2D eigenvalue weighted by Gasteiger charge is -2.48. The van der Waals surface area contributed by atoms with Crippen LogP contribution >= 0.6 is 11.3 Å². The van der Waals surface area contributed by atoms with Crippen LogP contribution in [0.3, 0.4) is 0 Å². The number of rotatable bonds is 6. The van der Waals surface area contributed by atoms with Crippen LogP contribution in [0, 0.1) is 17.2 Å². The monoisotopic (exact) mass is 554 g/mol. The minimum Gasteiger partial charge on any atom is -0.461 e. The summed E-state index contributed by atoms with van der Waals surface area (Å²) in [5, 5.41) is 20.2. The number of hydrogen-bond acceptors (Lipinski definition) is 11. The maximum Gasteiger partial charge on any atom is 0.323 e. The first-order chi connectivity index (χ1) is 18.9. The number of alkyl halides is 1. The summed E-state index contributed by atoms with van der Waals surface area (Å²) in [7, 11) is 0. The topological polar surface area (TPSA) is 128 Å². The molecular formula is C27H35FN8O2S. The molecule has 7 rings (SSSR count). The number of nitrogens with two attached hydrogens (primary N) is 1. The highest BCUT2D eigenvalue weighted by Gasteiger charge is 2.52. The Labute approximate surface area is 231 Å². The largest absolute Gasteiger partial charge is 0.461 e. The maximum absolute atomic E-state index is 14.3. The lowest BCUT2D eigenvalue weighted by atomic mass is 9.74. The maximum atomic E-state index is 14.3. The summed E-state index contributed by atoms with van der Waals surface area (Å²) in [4.78, 5) is 22.1. The molecule has 0 radical (unpaired) electrons. The molecule has 3 atom stereocenters. The van der Waals surface area contributed by atoms with Gasteiger partial charge in [0.05, 0.1) is 11.1 Å². The van der Waals surface area contributed by atoms with Gasteiger partial charge in [-0.2, -0.15) is 20.2 Å². The van der Waals surface area contributed by atoms with Crippen molar-refractivity contribution in [2.75, 3.05) is 68.0 Å². The molecule has 39 heavy (non-hydrogen) atoms. The van der Waals surface area contributed by atoms with Gasteiger partial charge in [0.25, 0.3) is 0 Å². The van der Waals surface area contributed by atoms with E-state index in [0.29, 0.717) is 61.7 Å². The lowest BCUT2D eigenvalue weighted by Crippen LogP contribution is -2.59. The number of ether oxygens (including phenoxy) is 1. The van der Waals surface area contributed by atoms with E-state index in [4.69, 9.17) is 25.4 Å². The summed E-state index contributed by atoms with van der Waals surface area (Å²) < 4.78 is 20.6. The van der Waals surface area contributed by atoms with Crippen molar-refractivity contribution in [1.29, 1.82) is 5.26 Å². The van der Waals surface area contributed by atoms with Crippen molar-refractivity contribution in [3.63, 3.8) is 0 Å². The van der Waals surface area contributed by atoms with Crippen LogP contribution < -0.4 is 20.3 Å². The highest BCUT2D eigenvalue weighted by Crippen LogP contribution is 2.52. The highest BCUT2D eigenvalue weighted by atomic mass is 32.1. The van der Waals surface area contributed by atoms with Gasteiger partial charge in [-0.25, -0.2) is 4.39 Å². The van der Waals surface area contributed by atoms with Crippen LogP contribution in [0.15, 0.2) is 0 Å². The van der Waals surface area contributed by atoms with Crippen molar-refractivity contribution in [3.8, 4) is 12.1 Å². The predicted molar refractivity (Wildman–Crippen MR) is 146 cm³/mol. The molecule has 0 aromatic carbocycles. The van der Waals surface area contributed by atoms with Gasteiger partial charge in [0, 0.05) is 56.0 Å².